The van der Waals surface area contributed by atoms with Crippen molar-refractivity contribution in [2.45, 2.75) is 77.3 Å². The fourth-order valence-corrected chi connectivity index (χ4v) is 5.28. The zero-order chi connectivity index (χ0) is 11.2. The largest absolute Gasteiger partial charge is 0.465 e. The molecular formula is C12H30BOSi2. The van der Waals surface area contributed by atoms with Crippen LogP contribution in [0, 0.1) is 0 Å². The second-order valence-electron chi connectivity index (χ2n) is 4.44. The van der Waals surface area contributed by atoms with E-state index in [0.717, 1.165) is 0 Å². The zero-order valence-electron chi connectivity index (χ0n) is 11.5. The summed E-state index contributed by atoms with van der Waals surface area (Å²) in [6.45, 7) is 4.55. The molecule has 0 fully saturated rings. The topological polar surface area (TPSA) is 9.23 Å². The van der Waals surface area contributed by atoms with E-state index < -0.39 is 0 Å². The highest BCUT2D eigenvalue weighted by Crippen LogP contribution is 2.04. The Bertz CT molecular complexity index is 103. The minimum absolute atomic E-state index is 0. The van der Waals surface area contributed by atoms with Gasteiger partial charge in [0.2, 0.25) is 0 Å². The van der Waals surface area contributed by atoms with Gasteiger partial charge in [-0.05, 0) is 12.1 Å². The maximum Gasteiger partial charge on any atom is 0.146 e. The molecule has 0 aliphatic rings. The lowest BCUT2D eigenvalue weighted by molar-refractivity contribution is 0.606. The van der Waals surface area contributed by atoms with Crippen LogP contribution in [0.4, 0.5) is 0 Å². The van der Waals surface area contributed by atoms with Crippen LogP contribution >= 0.6 is 0 Å². The summed E-state index contributed by atoms with van der Waals surface area (Å²) in [5, 5.41) is 0. The van der Waals surface area contributed by atoms with E-state index in [1.54, 1.807) is 0 Å². The number of hydrogen-bond acceptors (Lipinski definition) is 1. The molecule has 0 aromatic rings. The minimum atomic E-state index is -0.0944. The van der Waals surface area contributed by atoms with Gasteiger partial charge in [0.25, 0.3) is 0 Å². The molecule has 0 N–H and O–H groups in total. The first-order valence-electron chi connectivity index (χ1n) is 6.99. The van der Waals surface area contributed by atoms with E-state index in [2.05, 4.69) is 13.8 Å². The molecule has 0 spiro atoms. The van der Waals surface area contributed by atoms with Gasteiger partial charge in [-0.25, -0.2) is 0 Å². The van der Waals surface area contributed by atoms with Gasteiger partial charge in [0.05, 0.1) is 0 Å². The molecule has 16 heavy (non-hydrogen) atoms. The molecule has 1 nitrogen and oxygen atoms in total. The van der Waals surface area contributed by atoms with E-state index in [-0.39, 0.29) is 27.9 Å². The Kier molecular flexibility index (Phi) is 21.0. The van der Waals surface area contributed by atoms with Crippen molar-refractivity contribution in [3.63, 3.8) is 0 Å². The van der Waals surface area contributed by atoms with Crippen molar-refractivity contribution in [3.8, 4) is 0 Å². The molecule has 95 valence electrons. The third-order valence-corrected chi connectivity index (χ3v) is 6.67. The van der Waals surface area contributed by atoms with Gasteiger partial charge in [-0.15, -0.1) is 0 Å². The number of hydrogen-bond donors (Lipinski definition) is 0. The van der Waals surface area contributed by atoms with Gasteiger partial charge < -0.3 is 4.12 Å². The molecule has 0 rings (SSSR count). The third kappa shape index (κ3) is 16.9. The maximum atomic E-state index is 5.87. The molecule has 0 atom stereocenters. The Morgan fingerprint density at radius 3 is 1.50 bits per heavy atom. The smallest absolute Gasteiger partial charge is 0.146 e. The van der Waals surface area contributed by atoms with Crippen LogP contribution in [0.3, 0.4) is 0 Å². The van der Waals surface area contributed by atoms with E-state index in [0.29, 0.717) is 0 Å². The van der Waals surface area contributed by atoms with Crippen molar-refractivity contribution in [1.82, 2.24) is 0 Å². The molecule has 0 bridgehead atoms. The predicted octanol–water partition coefficient (Wildman–Crippen LogP) is 2.79. The third-order valence-electron chi connectivity index (χ3n) is 2.78. The van der Waals surface area contributed by atoms with Crippen LogP contribution < -0.4 is 0 Å². The van der Waals surface area contributed by atoms with Crippen LogP contribution in [0.15, 0.2) is 0 Å². The summed E-state index contributed by atoms with van der Waals surface area (Å²) in [5.41, 5.74) is 0. The number of unbranched alkanes of at least 4 members (excludes halogenated alkanes) is 6. The fourth-order valence-electron chi connectivity index (χ4n) is 1.72. The van der Waals surface area contributed by atoms with Crippen LogP contribution in [0.5, 0.6) is 0 Å². The van der Waals surface area contributed by atoms with Crippen molar-refractivity contribution < 1.29 is 4.12 Å². The Hall–Kier alpha value is 0.459. The van der Waals surface area contributed by atoms with E-state index in [4.69, 9.17) is 4.12 Å². The van der Waals surface area contributed by atoms with Crippen LogP contribution in [-0.4, -0.2) is 27.9 Å². The predicted molar refractivity (Wildman–Crippen MR) is 81.8 cm³/mol. The van der Waals surface area contributed by atoms with Crippen molar-refractivity contribution in [1.29, 1.82) is 0 Å². The normalized spacial score (nSPS) is 11.6. The van der Waals surface area contributed by atoms with Gasteiger partial charge in [-0.2, -0.15) is 0 Å². The summed E-state index contributed by atoms with van der Waals surface area (Å²) < 4.78 is 5.87. The molecule has 0 aromatic heterocycles. The molecule has 0 amide bonds. The second kappa shape index (κ2) is 17.8. The van der Waals surface area contributed by atoms with E-state index in [9.17, 15) is 0 Å². The summed E-state index contributed by atoms with van der Waals surface area (Å²) in [6, 6.07) is 2.86. The zero-order valence-corrected chi connectivity index (χ0v) is 14.3. The van der Waals surface area contributed by atoms with Gasteiger partial charge in [-0.3, -0.25) is 0 Å². The monoisotopic (exact) mass is 257 g/mol. The van der Waals surface area contributed by atoms with E-state index in [1.165, 1.54) is 63.5 Å². The number of rotatable bonds is 12. The lowest BCUT2D eigenvalue weighted by Crippen LogP contribution is -2.03. The van der Waals surface area contributed by atoms with Gasteiger partial charge in [0.15, 0.2) is 0 Å². The molecule has 0 aliphatic carbocycles. The molecular weight excluding hydrogens is 227 g/mol. The van der Waals surface area contributed by atoms with Crippen LogP contribution in [0.1, 0.15) is 65.2 Å². The summed E-state index contributed by atoms with van der Waals surface area (Å²) >= 11 is 0. The Labute approximate surface area is 110 Å². The fraction of sp³-hybridized carbons (Fsp3) is 1.00. The van der Waals surface area contributed by atoms with Crippen LogP contribution in [0.2, 0.25) is 12.1 Å². The first-order chi connectivity index (χ1) is 7.41. The summed E-state index contributed by atoms with van der Waals surface area (Å²) in [5.74, 6) is 0. The van der Waals surface area contributed by atoms with Crippen molar-refractivity contribution in [2.24, 2.45) is 0 Å². The van der Waals surface area contributed by atoms with Crippen molar-refractivity contribution in [3.05, 3.63) is 0 Å². The average Bonchev–Trinajstić information content (AvgIpc) is 2.26. The molecule has 0 aliphatic heterocycles. The highest BCUT2D eigenvalue weighted by atomic mass is 28.3. The Morgan fingerprint density at radius 1 is 0.688 bits per heavy atom. The van der Waals surface area contributed by atoms with Gasteiger partial charge in [0.1, 0.15) is 19.5 Å². The lowest BCUT2D eigenvalue weighted by Gasteiger charge is -2.03. The van der Waals surface area contributed by atoms with Crippen LogP contribution in [-0.2, 0) is 4.12 Å². The minimum Gasteiger partial charge on any atom is -0.465 e. The van der Waals surface area contributed by atoms with Gasteiger partial charge in [-0.1, -0.05) is 65.2 Å². The summed E-state index contributed by atoms with van der Waals surface area (Å²) in [7, 11) is -0.189. The van der Waals surface area contributed by atoms with E-state index >= 15 is 0 Å². The molecule has 4 heteroatoms. The van der Waals surface area contributed by atoms with Crippen molar-refractivity contribution in [2.75, 3.05) is 0 Å². The summed E-state index contributed by atoms with van der Waals surface area (Å²) in [6.07, 6.45) is 11.3. The SMILES string of the molecule is CCCCCC[SiH2]O[SiH2]CCCCCC.[B]. The first-order valence-corrected chi connectivity index (χ1v) is 10.1. The maximum absolute atomic E-state index is 5.87. The average molecular weight is 257 g/mol. The van der Waals surface area contributed by atoms with Gasteiger partial charge >= 0.3 is 0 Å². The van der Waals surface area contributed by atoms with Gasteiger partial charge in [0, 0.05) is 8.41 Å². The molecule has 0 saturated carbocycles. The quantitative estimate of drug-likeness (QED) is 0.386. The molecule has 0 heterocycles. The molecule has 3 radical (unpaired) electrons. The molecule has 0 unspecified atom stereocenters. The standard InChI is InChI=1S/C12H30OSi2.B/c1-3-5-7-9-11-14-13-15-12-10-8-6-4-2;/h3-12,14-15H2,1-2H3;. The lowest BCUT2D eigenvalue weighted by atomic mass is 10.2. The molecule has 0 saturated heterocycles. The first kappa shape index (κ1) is 18.8. The van der Waals surface area contributed by atoms with E-state index in [1.807, 2.05) is 0 Å². The highest BCUT2D eigenvalue weighted by molar-refractivity contribution is 6.42. The molecule has 0 aromatic carbocycles. The Balaban J connectivity index is 0. The van der Waals surface area contributed by atoms with Crippen molar-refractivity contribution >= 4 is 27.9 Å². The highest BCUT2D eigenvalue weighted by Gasteiger charge is 1.93. The summed E-state index contributed by atoms with van der Waals surface area (Å²) in [4.78, 5) is 0. The second-order valence-corrected chi connectivity index (χ2v) is 8.30. The van der Waals surface area contributed by atoms with Crippen LogP contribution in [0.25, 0.3) is 0 Å². The Morgan fingerprint density at radius 2 is 1.12 bits per heavy atom.